The topological polar surface area (TPSA) is 45.7 Å². The van der Waals surface area contributed by atoms with Crippen LogP contribution >= 0.6 is 0 Å². The Bertz CT molecular complexity index is 233. The molecule has 4 nitrogen and oxygen atoms in total. The standard InChI is InChI=1S/C13H25N3O/c1-4-7-11-17-12-8-10-16-13(14-6-3)15-9-5-2/h2H,4,6-12H2,1,3H3,(H2,14,15,16). The third-order valence-electron chi connectivity index (χ3n) is 2.06. The van der Waals surface area contributed by atoms with Crippen molar-refractivity contribution in [2.45, 2.75) is 33.1 Å². The van der Waals surface area contributed by atoms with Crippen LogP contribution in [0.2, 0.25) is 0 Å². The van der Waals surface area contributed by atoms with E-state index in [9.17, 15) is 0 Å². The van der Waals surface area contributed by atoms with Gasteiger partial charge in [0.05, 0.1) is 6.54 Å². The molecule has 0 saturated carbocycles. The molecule has 0 fully saturated rings. The molecule has 0 spiro atoms. The van der Waals surface area contributed by atoms with Gasteiger partial charge in [0.2, 0.25) is 0 Å². The highest BCUT2D eigenvalue weighted by molar-refractivity contribution is 5.79. The lowest BCUT2D eigenvalue weighted by Crippen LogP contribution is -2.37. The van der Waals surface area contributed by atoms with Gasteiger partial charge >= 0.3 is 0 Å². The molecule has 0 heterocycles. The van der Waals surface area contributed by atoms with Crippen molar-refractivity contribution in [1.29, 1.82) is 0 Å². The maximum atomic E-state index is 5.45. The number of unbranched alkanes of at least 4 members (excludes halogenated alkanes) is 1. The number of hydrogen-bond acceptors (Lipinski definition) is 2. The van der Waals surface area contributed by atoms with Crippen molar-refractivity contribution in [2.75, 3.05) is 32.8 Å². The summed E-state index contributed by atoms with van der Waals surface area (Å²) < 4.78 is 5.45. The number of guanidine groups is 1. The molecule has 0 aliphatic carbocycles. The smallest absolute Gasteiger partial charge is 0.192 e. The van der Waals surface area contributed by atoms with Crippen LogP contribution in [0.15, 0.2) is 4.99 Å². The van der Waals surface area contributed by atoms with Gasteiger partial charge in [0, 0.05) is 26.3 Å². The monoisotopic (exact) mass is 239 g/mol. The van der Waals surface area contributed by atoms with Crippen LogP contribution in [0, 0.1) is 12.3 Å². The average molecular weight is 239 g/mol. The molecular weight excluding hydrogens is 214 g/mol. The first-order valence-corrected chi connectivity index (χ1v) is 6.38. The van der Waals surface area contributed by atoms with E-state index in [1.54, 1.807) is 0 Å². The molecule has 0 rings (SSSR count). The van der Waals surface area contributed by atoms with Crippen LogP contribution in [0.1, 0.15) is 33.1 Å². The predicted molar refractivity (Wildman–Crippen MR) is 73.2 cm³/mol. The van der Waals surface area contributed by atoms with Crippen molar-refractivity contribution >= 4 is 5.96 Å². The van der Waals surface area contributed by atoms with E-state index in [0.29, 0.717) is 6.54 Å². The first-order valence-electron chi connectivity index (χ1n) is 6.38. The quantitative estimate of drug-likeness (QED) is 0.276. The second-order valence-corrected chi connectivity index (χ2v) is 3.64. The summed E-state index contributed by atoms with van der Waals surface area (Å²) in [6.45, 7) is 7.91. The second kappa shape index (κ2) is 12.9. The van der Waals surface area contributed by atoms with Crippen LogP contribution in [-0.2, 0) is 4.74 Å². The first kappa shape index (κ1) is 15.8. The van der Waals surface area contributed by atoms with Crippen molar-refractivity contribution in [3.63, 3.8) is 0 Å². The lowest BCUT2D eigenvalue weighted by molar-refractivity contribution is 0.130. The summed E-state index contributed by atoms with van der Waals surface area (Å²) in [5.41, 5.74) is 0. The summed E-state index contributed by atoms with van der Waals surface area (Å²) in [5.74, 6) is 3.30. The van der Waals surface area contributed by atoms with E-state index in [4.69, 9.17) is 11.2 Å². The summed E-state index contributed by atoms with van der Waals surface area (Å²) in [6, 6.07) is 0. The fourth-order valence-corrected chi connectivity index (χ4v) is 1.18. The zero-order chi connectivity index (χ0) is 12.8. The Morgan fingerprint density at radius 1 is 1.24 bits per heavy atom. The third kappa shape index (κ3) is 11.1. The zero-order valence-corrected chi connectivity index (χ0v) is 11.1. The van der Waals surface area contributed by atoms with Crippen LogP contribution in [0.5, 0.6) is 0 Å². The van der Waals surface area contributed by atoms with Crippen LogP contribution in [0.25, 0.3) is 0 Å². The van der Waals surface area contributed by atoms with E-state index in [-0.39, 0.29) is 0 Å². The minimum Gasteiger partial charge on any atom is -0.381 e. The highest BCUT2D eigenvalue weighted by atomic mass is 16.5. The highest BCUT2D eigenvalue weighted by Gasteiger charge is 1.94. The van der Waals surface area contributed by atoms with Crippen molar-refractivity contribution in [1.82, 2.24) is 10.6 Å². The SMILES string of the molecule is C#CCNC(=NCCCOCCCC)NCC. The van der Waals surface area contributed by atoms with Gasteiger partial charge in [-0.2, -0.15) is 0 Å². The molecule has 0 unspecified atom stereocenters. The van der Waals surface area contributed by atoms with E-state index < -0.39 is 0 Å². The Hall–Kier alpha value is -1.21. The van der Waals surface area contributed by atoms with Gasteiger partial charge in [0.15, 0.2) is 5.96 Å². The van der Waals surface area contributed by atoms with Gasteiger partial charge in [-0.3, -0.25) is 4.99 Å². The maximum Gasteiger partial charge on any atom is 0.192 e. The molecule has 0 aliphatic heterocycles. The Labute approximate surface area is 105 Å². The van der Waals surface area contributed by atoms with E-state index in [0.717, 1.165) is 45.1 Å². The van der Waals surface area contributed by atoms with Crippen molar-refractivity contribution in [2.24, 2.45) is 4.99 Å². The fraction of sp³-hybridized carbons (Fsp3) is 0.769. The molecule has 0 atom stereocenters. The van der Waals surface area contributed by atoms with E-state index in [1.807, 2.05) is 6.92 Å². The number of ether oxygens (including phenoxy) is 1. The Morgan fingerprint density at radius 2 is 2.00 bits per heavy atom. The molecule has 0 aromatic carbocycles. The van der Waals surface area contributed by atoms with Crippen LogP contribution in [0.3, 0.4) is 0 Å². The molecule has 17 heavy (non-hydrogen) atoms. The van der Waals surface area contributed by atoms with Gasteiger partial charge in [0.25, 0.3) is 0 Å². The number of rotatable bonds is 9. The summed E-state index contributed by atoms with van der Waals surface area (Å²) in [5, 5.41) is 6.17. The molecule has 0 radical (unpaired) electrons. The molecule has 0 aromatic rings. The number of aliphatic imine (C=N–C) groups is 1. The molecule has 4 heteroatoms. The van der Waals surface area contributed by atoms with Gasteiger partial charge in [-0.25, -0.2) is 0 Å². The summed E-state index contributed by atoms with van der Waals surface area (Å²) in [6.07, 6.45) is 8.44. The Kier molecular flexibility index (Phi) is 11.9. The summed E-state index contributed by atoms with van der Waals surface area (Å²) >= 11 is 0. The van der Waals surface area contributed by atoms with E-state index in [2.05, 4.69) is 28.5 Å². The third-order valence-corrected chi connectivity index (χ3v) is 2.06. The van der Waals surface area contributed by atoms with Crippen molar-refractivity contribution in [3.05, 3.63) is 0 Å². The van der Waals surface area contributed by atoms with Crippen LogP contribution in [0.4, 0.5) is 0 Å². The highest BCUT2D eigenvalue weighted by Crippen LogP contribution is 1.90. The number of terminal acetylenes is 1. The minimum atomic E-state index is 0.499. The molecule has 2 N–H and O–H groups in total. The van der Waals surface area contributed by atoms with Gasteiger partial charge in [-0.1, -0.05) is 19.3 Å². The van der Waals surface area contributed by atoms with Crippen LogP contribution < -0.4 is 10.6 Å². The van der Waals surface area contributed by atoms with Gasteiger partial charge in [-0.15, -0.1) is 6.42 Å². The van der Waals surface area contributed by atoms with Gasteiger partial charge < -0.3 is 15.4 Å². The largest absolute Gasteiger partial charge is 0.381 e. The van der Waals surface area contributed by atoms with Crippen LogP contribution in [-0.4, -0.2) is 38.8 Å². The zero-order valence-electron chi connectivity index (χ0n) is 11.1. The normalized spacial score (nSPS) is 11.0. The second-order valence-electron chi connectivity index (χ2n) is 3.64. The van der Waals surface area contributed by atoms with Gasteiger partial charge in [-0.05, 0) is 19.8 Å². The fourth-order valence-electron chi connectivity index (χ4n) is 1.18. The lowest BCUT2D eigenvalue weighted by atomic mass is 10.4. The molecular formula is C13H25N3O. The number of nitrogens with one attached hydrogen (secondary N) is 2. The molecule has 98 valence electrons. The summed E-state index contributed by atoms with van der Waals surface area (Å²) in [7, 11) is 0. The molecule has 0 saturated heterocycles. The van der Waals surface area contributed by atoms with E-state index in [1.165, 1.54) is 6.42 Å². The molecule has 0 aromatic heterocycles. The van der Waals surface area contributed by atoms with Crippen molar-refractivity contribution in [3.8, 4) is 12.3 Å². The van der Waals surface area contributed by atoms with Gasteiger partial charge in [0.1, 0.15) is 0 Å². The average Bonchev–Trinajstić information content (AvgIpc) is 2.34. The Balaban J connectivity index is 3.58. The first-order chi connectivity index (χ1) is 8.35. The van der Waals surface area contributed by atoms with E-state index >= 15 is 0 Å². The predicted octanol–water partition coefficient (Wildman–Crippen LogP) is 1.38. The Morgan fingerprint density at radius 3 is 2.65 bits per heavy atom. The minimum absolute atomic E-state index is 0.499. The van der Waals surface area contributed by atoms with Crippen molar-refractivity contribution < 1.29 is 4.74 Å². The molecule has 0 aliphatic rings. The lowest BCUT2D eigenvalue weighted by Gasteiger charge is -2.08. The molecule has 0 bridgehead atoms. The maximum absolute atomic E-state index is 5.45. The molecule has 0 amide bonds. The number of nitrogens with zero attached hydrogens (tertiary/aromatic N) is 1. The number of hydrogen-bond donors (Lipinski definition) is 2. The summed E-state index contributed by atoms with van der Waals surface area (Å²) in [4.78, 5) is 4.39.